The maximum Gasteiger partial charge on any atom is 0.419 e. The summed E-state index contributed by atoms with van der Waals surface area (Å²) in [5, 5.41) is 1.91. The zero-order chi connectivity index (χ0) is 41.3. The molecule has 0 atom stereocenters. The molecule has 0 unspecified atom stereocenters. The Labute approximate surface area is 332 Å². The van der Waals surface area contributed by atoms with Crippen molar-refractivity contribution in [3.63, 3.8) is 0 Å². The summed E-state index contributed by atoms with van der Waals surface area (Å²) in [6.07, 6.45) is 8.06. The summed E-state index contributed by atoms with van der Waals surface area (Å²) < 4.78 is 31.9. The van der Waals surface area contributed by atoms with Gasteiger partial charge in [-0.25, -0.2) is 9.69 Å². The van der Waals surface area contributed by atoms with Crippen molar-refractivity contribution >= 4 is 46.7 Å². The fourth-order valence-electron chi connectivity index (χ4n) is 6.00. The number of hydrogen-bond acceptors (Lipinski definition) is 12. The molecule has 312 valence electrons. The van der Waals surface area contributed by atoms with Gasteiger partial charge < -0.3 is 28.4 Å². The summed E-state index contributed by atoms with van der Waals surface area (Å²) in [5.74, 6) is -2.14. The molecule has 0 aliphatic carbocycles. The highest BCUT2D eigenvalue weighted by molar-refractivity contribution is 5.91. The third-order valence-corrected chi connectivity index (χ3v) is 9.16. The summed E-state index contributed by atoms with van der Waals surface area (Å²) in [6.45, 7) is 7.54. The molecule has 2 aromatic carbocycles. The highest BCUT2D eigenvalue weighted by Gasteiger charge is 2.30. The lowest BCUT2D eigenvalue weighted by molar-refractivity contribution is -0.169. The molecule has 0 aliphatic rings. The largest absolute Gasteiger partial charge is 0.497 e. The SMILES string of the molecule is CCCCCCCC(=O)OCC(COC(=O)CCCCCCC)OC(=O)CC(C)(C)CC(=O)OCOC(=O)N(CCc1cccc2ccc(OC)cc12)C(C)=O. The molecule has 0 aliphatic heterocycles. The minimum atomic E-state index is -1.02. The number of nitrogens with zero attached hydrogens (tertiary/aromatic N) is 1. The van der Waals surface area contributed by atoms with Crippen LogP contribution in [0.15, 0.2) is 36.4 Å². The van der Waals surface area contributed by atoms with E-state index in [1.165, 1.54) is 6.92 Å². The van der Waals surface area contributed by atoms with Crippen molar-refractivity contribution in [1.82, 2.24) is 4.90 Å². The van der Waals surface area contributed by atoms with Crippen LogP contribution in [0.4, 0.5) is 4.79 Å². The molecule has 0 heterocycles. The molecule has 0 bridgehead atoms. The molecule has 13 heteroatoms. The number of imide groups is 1. The van der Waals surface area contributed by atoms with Crippen molar-refractivity contribution in [3.05, 3.63) is 42.0 Å². The number of esters is 4. The molecule has 2 rings (SSSR count). The summed E-state index contributed by atoms with van der Waals surface area (Å²) in [4.78, 5) is 76.5. The molecule has 0 fully saturated rings. The van der Waals surface area contributed by atoms with Gasteiger partial charge in [-0.05, 0) is 53.1 Å². The van der Waals surface area contributed by atoms with Crippen LogP contribution in [0.25, 0.3) is 10.8 Å². The van der Waals surface area contributed by atoms with Gasteiger partial charge in [-0.1, -0.05) is 103 Å². The van der Waals surface area contributed by atoms with E-state index < -0.39 is 54.2 Å². The van der Waals surface area contributed by atoms with E-state index in [4.69, 9.17) is 28.4 Å². The van der Waals surface area contributed by atoms with E-state index in [9.17, 15) is 28.8 Å². The van der Waals surface area contributed by atoms with Crippen LogP contribution in [0.3, 0.4) is 0 Å². The number of benzene rings is 2. The third kappa shape index (κ3) is 19.3. The fourth-order valence-corrected chi connectivity index (χ4v) is 6.00. The second-order valence-electron chi connectivity index (χ2n) is 14.8. The molecule has 0 aromatic heterocycles. The van der Waals surface area contributed by atoms with E-state index in [0.717, 1.165) is 72.6 Å². The smallest absolute Gasteiger partial charge is 0.419 e. The first-order valence-corrected chi connectivity index (χ1v) is 19.9. The average molecular weight is 786 g/mol. The number of amides is 2. The van der Waals surface area contributed by atoms with Crippen molar-refractivity contribution in [2.24, 2.45) is 5.41 Å². The maximum atomic E-state index is 13.0. The average Bonchev–Trinajstić information content (AvgIpc) is 3.15. The van der Waals surface area contributed by atoms with Crippen molar-refractivity contribution in [2.75, 3.05) is 33.7 Å². The van der Waals surface area contributed by atoms with Gasteiger partial charge in [0, 0.05) is 26.3 Å². The zero-order valence-electron chi connectivity index (χ0n) is 34.3. The lowest BCUT2D eigenvalue weighted by Crippen LogP contribution is -2.38. The van der Waals surface area contributed by atoms with Gasteiger partial charge in [0.25, 0.3) is 0 Å². The Kier molecular flexibility index (Phi) is 22.2. The summed E-state index contributed by atoms with van der Waals surface area (Å²) in [7, 11) is 1.58. The Balaban J connectivity index is 1.87. The quantitative estimate of drug-likeness (QED) is 0.0369. The van der Waals surface area contributed by atoms with Gasteiger partial charge in [-0.3, -0.25) is 24.0 Å². The molecule has 56 heavy (non-hydrogen) atoms. The zero-order valence-corrected chi connectivity index (χ0v) is 34.3. The van der Waals surface area contributed by atoms with E-state index in [-0.39, 0.29) is 45.4 Å². The highest BCUT2D eigenvalue weighted by atomic mass is 16.7. The Morgan fingerprint density at radius 2 is 1.29 bits per heavy atom. The standard InChI is InChI=1S/C43H63NO12/c1-7-9-11-13-15-20-38(46)52-29-36(30-53-39(47)21-16-14-12-10-8-2)56-41(49)28-43(4,5)27-40(48)54-31-55-42(50)44(32(3)45)25-24-34-19-17-18-33-22-23-35(51-6)26-37(33)34/h17-19,22-23,26,36H,7-16,20-21,24-25,27-31H2,1-6H3. The van der Waals surface area contributed by atoms with E-state index in [0.29, 0.717) is 25.0 Å². The summed E-state index contributed by atoms with van der Waals surface area (Å²) >= 11 is 0. The summed E-state index contributed by atoms with van der Waals surface area (Å²) in [5.41, 5.74) is -0.0399. The van der Waals surface area contributed by atoms with Crippen LogP contribution >= 0.6 is 0 Å². The monoisotopic (exact) mass is 785 g/mol. The van der Waals surface area contributed by atoms with Crippen molar-refractivity contribution in [2.45, 2.75) is 137 Å². The lowest BCUT2D eigenvalue weighted by atomic mass is 9.86. The number of fused-ring (bicyclic) bond motifs is 1. The molecular formula is C43H63NO12. The molecule has 2 amide bonds. The topological polar surface area (TPSA) is 161 Å². The van der Waals surface area contributed by atoms with E-state index >= 15 is 0 Å². The van der Waals surface area contributed by atoms with Crippen LogP contribution in [0.1, 0.15) is 130 Å². The number of methoxy groups -OCH3 is 1. The fraction of sp³-hybridized carbons (Fsp3) is 0.628. The molecule has 0 spiro atoms. The predicted octanol–water partition coefficient (Wildman–Crippen LogP) is 8.40. The van der Waals surface area contributed by atoms with Gasteiger partial charge in [0.1, 0.15) is 19.0 Å². The number of carbonyl (C=O) groups excluding carboxylic acids is 6. The number of ether oxygens (including phenoxy) is 6. The Morgan fingerprint density at radius 3 is 1.86 bits per heavy atom. The van der Waals surface area contributed by atoms with Crippen LogP contribution in [0, 0.1) is 5.41 Å². The maximum absolute atomic E-state index is 13.0. The van der Waals surface area contributed by atoms with Crippen molar-refractivity contribution in [3.8, 4) is 5.75 Å². The molecule has 2 aromatic rings. The van der Waals surface area contributed by atoms with Gasteiger partial charge in [-0.2, -0.15) is 0 Å². The molecule has 0 saturated carbocycles. The molecular weight excluding hydrogens is 722 g/mol. The predicted molar refractivity (Wildman–Crippen MR) is 211 cm³/mol. The van der Waals surface area contributed by atoms with Crippen LogP contribution in [-0.4, -0.2) is 80.5 Å². The van der Waals surface area contributed by atoms with Crippen LogP contribution in [0.5, 0.6) is 5.75 Å². The number of hydrogen-bond donors (Lipinski definition) is 0. The van der Waals surface area contributed by atoms with Crippen molar-refractivity contribution in [1.29, 1.82) is 0 Å². The van der Waals surface area contributed by atoms with Crippen molar-refractivity contribution < 1.29 is 57.2 Å². The minimum Gasteiger partial charge on any atom is -0.497 e. The summed E-state index contributed by atoms with van der Waals surface area (Å²) in [6, 6.07) is 11.4. The number of rotatable bonds is 27. The van der Waals surface area contributed by atoms with Gasteiger partial charge in [0.05, 0.1) is 20.0 Å². The van der Waals surface area contributed by atoms with Gasteiger partial charge in [0.15, 0.2) is 6.10 Å². The Hall–Kier alpha value is -4.68. The third-order valence-electron chi connectivity index (χ3n) is 9.16. The van der Waals surface area contributed by atoms with E-state index in [1.807, 2.05) is 36.4 Å². The van der Waals surface area contributed by atoms with Gasteiger partial charge >= 0.3 is 30.0 Å². The second kappa shape index (κ2) is 26.2. The van der Waals surface area contributed by atoms with Crippen LogP contribution in [0.2, 0.25) is 0 Å². The van der Waals surface area contributed by atoms with Crippen LogP contribution in [-0.2, 0) is 54.1 Å². The lowest BCUT2D eigenvalue weighted by Gasteiger charge is -2.24. The van der Waals surface area contributed by atoms with Crippen LogP contribution < -0.4 is 4.74 Å². The first-order valence-electron chi connectivity index (χ1n) is 19.9. The molecule has 0 N–H and O–H groups in total. The minimum absolute atomic E-state index is 0.0328. The Morgan fingerprint density at radius 1 is 0.696 bits per heavy atom. The first-order chi connectivity index (χ1) is 26.8. The number of unbranched alkanes of at least 4 members (excludes halogenated alkanes) is 8. The van der Waals surface area contributed by atoms with Gasteiger partial charge in [0.2, 0.25) is 12.7 Å². The molecule has 13 nitrogen and oxygen atoms in total. The van der Waals surface area contributed by atoms with E-state index in [2.05, 4.69) is 13.8 Å². The van der Waals surface area contributed by atoms with Gasteiger partial charge in [-0.15, -0.1) is 0 Å². The molecule has 0 saturated heterocycles. The Bertz CT molecular complexity index is 1520. The van der Waals surface area contributed by atoms with E-state index in [1.54, 1.807) is 21.0 Å². The number of carbonyl (C=O) groups is 6. The normalized spacial score (nSPS) is 11.2. The first kappa shape index (κ1) is 47.5. The highest BCUT2D eigenvalue weighted by Crippen LogP contribution is 2.27. The second-order valence-corrected chi connectivity index (χ2v) is 14.8. The molecule has 0 radical (unpaired) electrons.